The van der Waals surface area contributed by atoms with Crippen molar-refractivity contribution in [3.63, 3.8) is 0 Å². The minimum atomic E-state index is 0.859. The second kappa shape index (κ2) is 3.13. The number of hydrogen-bond acceptors (Lipinski definition) is 2. The van der Waals surface area contributed by atoms with Crippen LogP contribution in [0.25, 0.3) is 11.0 Å². The predicted molar refractivity (Wildman–Crippen MR) is 52.1 cm³/mol. The molecule has 2 aromatic rings. The van der Waals surface area contributed by atoms with E-state index in [0.717, 1.165) is 28.9 Å². The van der Waals surface area contributed by atoms with E-state index in [1.54, 1.807) is 7.11 Å². The van der Waals surface area contributed by atoms with Gasteiger partial charge >= 0.3 is 0 Å². The van der Waals surface area contributed by atoms with Gasteiger partial charge in [-0.15, -0.1) is 0 Å². The summed E-state index contributed by atoms with van der Waals surface area (Å²) >= 11 is 0. The maximum absolute atomic E-state index is 5.61. The molecule has 68 valence electrons. The van der Waals surface area contributed by atoms with Crippen LogP contribution in [0.4, 0.5) is 0 Å². The van der Waals surface area contributed by atoms with Gasteiger partial charge in [-0.1, -0.05) is 19.1 Å². The molecular formula is C11H12O2. The van der Waals surface area contributed by atoms with Crippen LogP contribution >= 0.6 is 0 Å². The third-order valence-corrected chi connectivity index (χ3v) is 2.14. The molecule has 0 spiro atoms. The SMILES string of the molecule is CCc1oc2ccccc2c1OC. The van der Waals surface area contributed by atoms with Crippen LogP contribution in [-0.4, -0.2) is 7.11 Å². The first-order valence-corrected chi connectivity index (χ1v) is 4.41. The van der Waals surface area contributed by atoms with E-state index in [-0.39, 0.29) is 0 Å². The first-order valence-electron chi connectivity index (χ1n) is 4.41. The average Bonchev–Trinajstić information content (AvgIpc) is 2.55. The van der Waals surface area contributed by atoms with Gasteiger partial charge in [0.05, 0.1) is 12.5 Å². The molecule has 0 radical (unpaired) electrons. The van der Waals surface area contributed by atoms with Crippen LogP contribution in [0.3, 0.4) is 0 Å². The zero-order valence-electron chi connectivity index (χ0n) is 7.83. The first-order chi connectivity index (χ1) is 6.36. The van der Waals surface area contributed by atoms with Crippen molar-refractivity contribution in [3.8, 4) is 5.75 Å². The van der Waals surface area contributed by atoms with Gasteiger partial charge in [0, 0.05) is 6.42 Å². The van der Waals surface area contributed by atoms with Gasteiger partial charge in [0.2, 0.25) is 0 Å². The zero-order valence-corrected chi connectivity index (χ0v) is 7.83. The van der Waals surface area contributed by atoms with Gasteiger partial charge in [0.15, 0.2) is 5.75 Å². The molecular weight excluding hydrogens is 164 g/mol. The number of ether oxygens (including phenoxy) is 1. The molecule has 0 aliphatic heterocycles. The van der Waals surface area contributed by atoms with Crippen molar-refractivity contribution in [2.75, 3.05) is 7.11 Å². The predicted octanol–water partition coefficient (Wildman–Crippen LogP) is 3.00. The van der Waals surface area contributed by atoms with Crippen LogP contribution < -0.4 is 4.74 Å². The smallest absolute Gasteiger partial charge is 0.168 e. The highest BCUT2D eigenvalue weighted by Crippen LogP contribution is 2.32. The lowest BCUT2D eigenvalue weighted by atomic mass is 10.2. The van der Waals surface area contributed by atoms with Gasteiger partial charge < -0.3 is 9.15 Å². The molecule has 2 nitrogen and oxygen atoms in total. The number of aryl methyl sites for hydroxylation is 1. The first kappa shape index (κ1) is 8.17. The van der Waals surface area contributed by atoms with E-state index in [9.17, 15) is 0 Å². The number of hydrogen-bond donors (Lipinski definition) is 0. The van der Waals surface area contributed by atoms with Gasteiger partial charge in [0.1, 0.15) is 11.3 Å². The standard InChI is InChI=1S/C11H12O2/c1-3-9-11(12-2)8-6-4-5-7-10(8)13-9/h4-7H,3H2,1-2H3. The third kappa shape index (κ3) is 1.18. The Morgan fingerprint density at radius 3 is 2.77 bits per heavy atom. The minimum Gasteiger partial charge on any atom is -0.492 e. The Bertz CT molecular complexity index is 415. The van der Waals surface area contributed by atoms with Gasteiger partial charge in [-0.05, 0) is 12.1 Å². The van der Waals surface area contributed by atoms with E-state index < -0.39 is 0 Å². The summed E-state index contributed by atoms with van der Waals surface area (Å²) in [6.45, 7) is 2.06. The number of fused-ring (bicyclic) bond motifs is 1. The van der Waals surface area contributed by atoms with Crippen LogP contribution in [0.15, 0.2) is 28.7 Å². The molecule has 0 atom stereocenters. The molecule has 0 saturated carbocycles. The van der Waals surface area contributed by atoms with Gasteiger partial charge in [-0.25, -0.2) is 0 Å². The highest BCUT2D eigenvalue weighted by molar-refractivity contribution is 5.85. The summed E-state index contributed by atoms with van der Waals surface area (Å²) < 4.78 is 10.9. The van der Waals surface area contributed by atoms with Gasteiger partial charge in [-0.2, -0.15) is 0 Å². The average molecular weight is 176 g/mol. The molecule has 13 heavy (non-hydrogen) atoms. The van der Waals surface area contributed by atoms with Crippen LogP contribution in [0.1, 0.15) is 12.7 Å². The summed E-state index contributed by atoms with van der Waals surface area (Å²) in [5.74, 6) is 1.79. The van der Waals surface area contributed by atoms with E-state index in [0.29, 0.717) is 0 Å². The molecule has 0 bridgehead atoms. The molecule has 0 aliphatic carbocycles. The Hall–Kier alpha value is -1.44. The fourth-order valence-corrected chi connectivity index (χ4v) is 1.53. The summed E-state index contributed by atoms with van der Waals surface area (Å²) in [6, 6.07) is 7.92. The summed E-state index contributed by atoms with van der Waals surface area (Å²) in [4.78, 5) is 0. The van der Waals surface area contributed by atoms with Crippen molar-refractivity contribution >= 4 is 11.0 Å². The molecule has 0 unspecified atom stereocenters. The molecule has 1 aromatic carbocycles. The van der Waals surface area contributed by atoms with Crippen LogP contribution in [0.5, 0.6) is 5.75 Å². The summed E-state index contributed by atoms with van der Waals surface area (Å²) in [6.07, 6.45) is 0.859. The number of benzene rings is 1. The third-order valence-electron chi connectivity index (χ3n) is 2.14. The normalized spacial score (nSPS) is 10.6. The summed E-state index contributed by atoms with van der Waals surface area (Å²) in [5, 5.41) is 1.06. The Morgan fingerprint density at radius 1 is 1.31 bits per heavy atom. The van der Waals surface area contributed by atoms with Crippen LogP contribution in [0.2, 0.25) is 0 Å². The topological polar surface area (TPSA) is 22.4 Å². The number of rotatable bonds is 2. The second-order valence-electron chi connectivity index (χ2n) is 2.91. The second-order valence-corrected chi connectivity index (χ2v) is 2.91. The van der Waals surface area contributed by atoms with Crippen molar-refractivity contribution in [1.29, 1.82) is 0 Å². The maximum Gasteiger partial charge on any atom is 0.168 e. The van der Waals surface area contributed by atoms with E-state index in [1.165, 1.54) is 0 Å². The number of para-hydroxylation sites is 1. The van der Waals surface area contributed by atoms with Crippen molar-refractivity contribution < 1.29 is 9.15 Å². The Balaban J connectivity index is 2.73. The lowest BCUT2D eigenvalue weighted by Gasteiger charge is -1.96. The fraction of sp³-hybridized carbons (Fsp3) is 0.273. The number of methoxy groups -OCH3 is 1. The van der Waals surface area contributed by atoms with Crippen LogP contribution in [0, 0.1) is 0 Å². The monoisotopic (exact) mass is 176 g/mol. The van der Waals surface area contributed by atoms with Gasteiger partial charge in [-0.3, -0.25) is 0 Å². The molecule has 0 fully saturated rings. The Kier molecular flexibility index (Phi) is 1.97. The lowest BCUT2D eigenvalue weighted by molar-refractivity contribution is 0.397. The quantitative estimate of drug-likeness (QED) is 0.701. The van der Waals surface area contributed by atoms with E-state index >= 15 is 0 Å². The molecule has 1 heterocycles. The fourth-order valence-electron chi connectivity index (χ4n) is 1.53. The van der Waals surface area contributed by atoms with Gasteiger partial charge in [0.25, 0.3) is 0 Å². The Labute approximate surface area is 77.1 Å². The molecule has 1 aromatic heterocycles. The molecule has 0 amide bonds. The molecule has 0 saturated heterocycles. The maximum atomic E-state index is 5.61. The molecule has 0 aliphatic rings. The highest BCUT2D eigenvalue weighted by atomic mass is 16.5. The summed E-state index contributed by atoms with van der Waals surface area (Å²) in [5.41, 5.74) is 0.899. The highest BCUT2D eigenvalue weighted by Gasteiger charge is 2.11. The van der Waals surface area contributed by atoms with E-state index in [1.807, 2.05) is 24.3 Å². The minimum absolute atomic E-state index is 0.859. The zero-order chi connectivity index (χ0) is 9.26. The number of furan rings is 1. The lowest BCUT2D eigenvalue weighted by Crippen LogP contribution is -1.84. The van der Waals surface area contributed by atoms with Crippen molar-refractivity contribution in [2.24, 2.45) is 0 Å². The van der Waals surface area contributed by atoms with E-state index in [4.69, 9.17) is 9.15 Å². The van der Waals surface area contributed by atoms with Crippen molar-refractivity contribution in [2.45, 2.75) is 13.3 Å². The van der Waals surface area contributed by atoms with Crippen LogP contribution in [-0.2, 0) is 6.42 Å². The molecule has 0 N–H and O–H groups in total. The van der Waals surface area contributed by atoms with E-state index in [2.05, 4.69) is 6.92 Å². The molecule has 2 rings (SSSR count). The van der Waals surface area contributed by atoms with Crippen molar-refractivity contribution in [3.05, 3.63) is 30.0 Å². The van der Waals surface area contributed by atoms with Crippen molar-refractivity contribution in [1.82, 2.24) is 0 Å². The Morgan fingerprint density at radius 2 is 2.08 bits per heavy atom. The largest absolute Gasteiger partial charge is 0.492 e. The summed E-state index contributed by atoms with van der Waals surface area (Å²) in [7, 11) is 1.68. The molecule has 2 heteroatoms.